The summed E-state index contributed by atoms with van der Waals surface area (Å²) >= 11 is 0. The molecular weight excluding hydrogens is 204 g/mol. The fourth-order valence-corrected chi connectivity index (χ4v) is 2.08. The molecule has 16 heavy (non-hydrogen) atoms. The molecule has 1 rings (SSSR count). The summed E-state index contributed by atoms with van der Waals surface area (Å²) < 4.78 is 5.00. The highest BCUT2D eigenvalue weighted by molar-refractivity contribution is 5.91. The predicted octanol–water partition coefficient (Wildman–Crippen LogP) is 2.99. The third-order valence-corrected chi connectivity index (χ3v) is 2.79. The minimum Gasteiger partial charge on any atom is -0.431 e. The van der Waals surface area contributed by atoms with E-state index in [0.29, 0.717) is 18.1 Å². The second-order valence-corrected chi connectivity index (χ2v) is 4.44. The fraction of sp³-hybridized carbons (Fsp3) is 0.692. The standard InChI is InChI=1S/C13H20O3/c1-3-4-5-6-11-7-12(15)9-13(8-11)16-10(2)14/h9,11H,3-8H2,1-2H3/t11-/m0/s1. The molecular formula is C13H20O3. The first kappa shape index (κ1) is 12.9. The lowest BCUT2D eigenvalue weighted by Crippen LogP contribution is -2.16. The Labute approximate surface area is 96.9 Å². The van der Waals surface area contributed by atoms with Crippen LogP contribution in [0.4, 0.5) is 0 Å². The van der Waals surface area contributed by atoms with Crippen molar-refractivity contribution < 1.29 is 14.3 Å². The number of allylic oxidation sites excluding steroid dienone is 2. The maximum absolute atomic E-state index is 11.4. The maximum Gasteiger partial charge on any atom is 0.307 e. The fourth-order valence-electron chi connectivity index (χ4n) is 2.08. The molecule has 0 bridgehead atoms. The van der Waals surface area contributed by atoms with Gasteiger partial charge >= 0.3 is 5.97 Å². The van der Waals surface area contributed by atoms with Crippen LogP contribution in [0.25, 0.3) is 0 Å². The summed E-state index contributed by atoms with van der Waals surface area (Å²) in [5, 5.41) is 0. The first-order valence-electron chi connectivity index (χ1n) is 6.03. The van der Waals surface area contributed by atoms with E-state index < -0.39 is 0 Å². The van der Waals surface area contributed by atoms with Crippen LogP contribution in [-0.4, -0.2) is 11.8 Å². The third-order valence-electron chi connectivity index (χ3n) is 2.79. The maximum atomic E-state index is 11.4. The number of carbonyl (C=O) groups is 2. The van der Waals surface area contributed by atoms with Crippen LogP contribution in [0.3, 0.4) is 0 Å². The normalized spacial score (nSPS) is 20.5. The van der Waals surface area contributed by atoms with Gasteiger partial charge in [-0.1, -0.05) is 26.2 Å². The highest BCUT2D eigenvalue weighted by Gasteiger charge is 2.21. The van der Waals surface area contributed by atoms with Crippen LogP contribution in [0.1, 0.15) is 52.4 Å². The Bertz CT molecular complexity index is 292. The molecule has 90 valence electrons. The van der Waals surface area contributed by atoms with Gasteiger partial charge < -0.3 is 4.74 Å². The molecule has 0 N–H and O–H groups in total. The van der Waals surface area contributed by atoms with Crippen molar-refractivity contribution in [3.63, 3.8) is 0 Å². The molecule has 0 saturated carbocycles. The number of ether oxygens (including phenoxy) is 1. The van der Waals surface area contributed by atoms with Gasteiger partial charge in [-0.3, -0.25) is 9.59 Å². The van der Waals surface area contributed by atoms with Crippen LogP contribution < -0.4 is 0 Å². The number of esters is 1. The molecule has 0 aromatic heterocycles. The number of rotatable bonds is 5. The van der Waals surface area contributed by atoms with Crippen LogP contribution in [0.2, 0.25) is 0 Å². The van der Waals surface area contributed by atoms with Crippen molar-refractivity contribution in [1.82, 2.24) is 0 Å². The molecule has 0 radical (unpaired) electrons. The van der Waals surface area contributed by atoms with Crippen LogP contribution in [0.15, 0.2) is 11.8 Å². The molecule has 0 amide bonds. The van der Waals surface area contributed by atoms with E-state index in [2.05, 4.69) is 6.92 Å². The zero-order valence-corrected chi connectivity index (χ0v) is 10.1. The molecule has 1 aliphatic rings. The second-order valence-electron chi connectivity index (χ2n) is 4.44. The van der Waals surface area contributed by atoms with Gasteiger partial charge in [0.25, 0.3) is 0 Å². The van der Waals surface area contributed by atoms with E-state index in [1.54, 1.807) is 0 Å². The first-order chi connectivity index (χ1) is 7.61. The Morgan fingerprint density at radius 3 is 2.81 bits per heavy atom. The quantitative estimate of drug-likeness (QED) is 0.532. The van der Waals surface area contributed by atoms with Crippen LogP contribution in [0, 0.1) is 5.92 Å². The molecule has 0 heterocycles. The molecule has 0 aromatic rings. The van der Waals surface area contributed by atoms with Gasteiger partial charge in [-0.25, -0.2) is 0 Å². The van der Waals surface area contributed by atoms with E-state index in [1.165, 1.54) is 25.8 Å². The van der Waals surface area contributed by atoms with Crippen LogP contribution in [-0.2, 0) is 14.3 Å². The van der Waals surface area contributed by atoms with E-state index >= 15 is 0 Å². The van der Waals surface area contributed by atoms with E-state index in [-0.39, 0.29) is 11.8 Å². The monoisotopic (exact) mass is 224 g/mol. The smallest absolute Gasteiger partial charge is 0.307 e. The predicted molar refractivity (Wildman–Crippen MR) is 61.7 cm³/mol. The number of ketones is 1. The van der Waals surface area contributed by atoms with E-state index in [1.807, 2.05) is 0 Å². The van der Waals surface area contributed by atoms with E-state index in [9.17, 15) is 9.59 Å². The summed E-state index contributed by atoms with van der Waals surface area (Å²) in [6, 6.07) is 0. The summed E-state index contributed by atoms with van der Waals surface area (Å²) in [6.07, 6.45) is 7.41. The summed E-state index contributed by atoms with van der Waals surface area (Å²) in [5.74, 6) is 0.654. The van der Waals surface area contributed by atoms with Gasteiger partial charge in [0, 0.05) is 25.8 Å². The van der Waals surface area contributed by atoms with Crippen molar-refractivity contribution in [2.45, 2.75) is 52.4 Å². The van der Waals surface area contributed by atoms with Crippen LogP contribution >= 0.6 is 0 Å². The molecule has 0 spiro atoms. The highest BCUT2D eigenvalue weighted by Crippen LogP contribution is 2.27. The average Bonchev–Trinajstić information content (AvgIpc) is 2.16. The van der Waals surface area contributed by atoms with Gasteiger partial charge in [-0.2, -0.15) is 0 Å². The molecule has 0 unspecified atom stereocenters. The van der Waals surface area contributed by atoms with E-state index in [0.717, 1.165) is 19.3 Å². The van der Waals surface area contributed by atoms with Gasteiger partial charge in [0.1, 0.15) is 5.76 Å². The molecule has 3 nitrogen and oxygen atoms in total. The van der Waals surface area contributed by atoms with Gasteiger partial charge in [0.2, 0.25) is 0 Å². The summed E-state index contributed by atoms with van der Waals surface area (Å²) in [5.41, 5.74) is 0. The Hall–Kier alpha value is -1.12. The highest BCUT2D eigenvalue weighted by atomic mass is 16.5. The van der Waals surface area contributed by atoms with Crippen molar-refractivity contribution in [3.8, 4) is 0 Å². The van der Waals surface area contributed by atoms with Gasteiger partial charge in [0.05, 0.1) is 0 Å². The lowest BCUT2D eigenvalue weighted by atomic mass is 9.88. The summed E-state index contributed by atoms with van der Waals surface area (Å²) in [6.45, 7) is 3.53. The molecule has 1 aliphatic carbocycles. The second kappa shape index (κ2) is 6.46. The minimum absolute atomic E-state index is 0.0870. The summed E-state index contributed by atoms with van der Waals surface area (Å²) in [7, 11) is 0. The SMILES string of the molecule is CCCCC[C@H]1CC(=O)C=C(OC(C)=O)C1. The largest absolute Gasteiger partial charge is 0.431 e. The Balaban J connectivity index is 2.44. The molecule has 0 aliphatic heterocycles. The zero-order valence-electron chi connectivity index (χ0n) is 10.1. The van der Waals surface area contributed by atoms with Crippen molar-refractivity contribution >= 4 is 11.8 Å². The molecule has 0 aromatic carbocycles. The molecule has 3 heteroatoms. The average molecular weight is 224 g/mol. The summed E-state index contributed by atoms with van der Waals surface area (Å²) in [4.78, 5) is 22.2. The van der Waals surface area contributed by atoms with Crippen molar-refractivity contribution in [2.24, 2.45) is 5.92 Å². The zero-order chi connectivity index (χ0) is 12.0. The van der Waals surface area contributed by atoms with Gasteiger partial charge in [-0.15, -0.1) is 0 Å². The molecule has 1 atom stereocenters. The topological polar surface area (TPSA) is 43.4 Å². The first-order valence-corrected chi connectivity index (χ1v) is 6.03. The van der Waals surface area contributed by atoms with E-state index in [4.69, 9.17) is 4.74 Å². The van der Waals surface area contributed by atoms with Gasteiger partial charge in [-0.05, 0) is 12.3 Å². The van der Waals surface area contributed by atoms with Gasteiger partial charge in [0.15, 0.2) is 5.78 Å². The number of hydrogen-bond donors (Lipinski definition) is 0. The number of hydrogen-bond acceptors (Lipinski definition) is 3. The van der Waals surface area contributed by atoms with Crippen molar-refractivity contribution in [3.05, 3.63) is 11.8 Å². The number of unbranched alkanes of at least 4 members (excludes halogenated alkanes) is 2. The third kappa shape index (κ3) is 4.60. The minimum atomic E-state index is -0.340. The van der Waals surface area contributed by atoms with Crippen molar-refractivity contribution in [1.29, 1.82) is 0 Å². The lowest BCUT2D eigenvalue weighted by Gasteiger charge is -2.20. The Morgan fingerprint density at radius 1 is 1.44 bits per heavy atom. The van der Waals surface area contributed by atoms with Crippen LogP contribution in [0.5, 0.6) is 0 Å². The Kier molecular flexibility index (Phi) is 5.23. The Morgan fingerprint density at radius 2 is 2.19 bits per heavy atom. The van der Waals surface area contributed by atoms with Crippen molar-refractivity contribution in [2.75, 3.05) is 0 Å². The molecule has 0 saturated heterocycles. The molecule has 0 fully saturated rings. The number of carbonyl (C=O) groups excluding carboxylic acids is 2. The lowest BCUT2D eigenvalue weighted by molar-refractivity contribution is -0.137.